The largest absolute Gasteiger partial charge is 0.391 e. The van der Waals surface area contributed by atoms with Crippen molar-refractivity contribution in [2.24, 2.45) is 5.73 Å². The van der Waals surface area contributed by atoms with E-state index in [9.17, 15) is 33.9 Å². The zero-order valence-electron chi connectivity index (χ0n) is 29.3. The zero-order chi connectivity index (χ0) is 37.9. The van der Waals surface area contributed by atoms with Crippen molar-refractivity contribution < 1.29 is 33.9 Å². The number of hydrogen-bond donors (Lipinski definition) is 9. The van der Waals surface area contributed by atoms with Crippen molar-refractivity contribution in [3.8, 4) is 0 Å². The van der Waals surface area contributed by atoms with Crippen LogP contribution in [0.3, 0.4) is 0 Å². The predicted octanol–water partition coefficient (Wildman–Crippen LogP) is -0.220. The van der Waals surface area contributed by atoms with Crippen LogP contribution in [0.15, 0.2) is 60.8 Å². The van der Waals surface area contributed by atoms with Crippen LogP contribution in [0.5, 0.6) is 0 Å². The molecule has 0 unspecified atom stereocenters. The van der Waals surface area contributed by atoms with Crippen molar-refractivity contribution in [1.82, 2.24) is 36.9 Å². The zero-order valence-corrected chi connectivity index (χ0v) is 30.9. The average Bonchev–Trinajstić information content (AvgIpc) is 3.54. The van der Waals surface area contributed by atoms with Gasteiger partial charge in [-0.2, -0.15) is 0 Å². The molecule has 2 bridgehead atoms. The molecule has 10 N–H and O–H groups in total. The van der Waals surface area contributed by atoms with E-state index in [-0.39, 0.29) is 30.8 Å². The van der Waals surface area contributed by atoms with Gasteiger partial charge >= 0.3 is 0 Å². The van der Waals surface area contributed by atoms with Crippen LogP contribution in [-0.2, 0) is 41.6 Å². The third-order valence-electron chi connectivity index (χ3n) is 9.11. The Morgan fingerprint density at radius 3 is 1.92 bits per heavy atom. The number of aromatic amines is 1. The normalized spacial score (nSPS) is 25.7. The average molecular weight is 767 g/mol. The molecular formula is C36H46N8O7S2. The second kappa shape index (κ2) is 19.0. The van der Waals surface area contributed by atoms with Crippen LogP contribution in [0.4, 0.5) is 0 Å². The van der Waals surface area contributed by atoms with Crippen molar-refractivity contribution in [2.75, 3.05) is 18.1 Å². The summed E-state index contributed by atoms with van der Waals surface area (Å²) in [5.41, 5.74) is 8.01. The van der Waals surface area contributed by atoms with Crippen molar-refractivity contribution in [3.05, 3.63) is 71.9 Å². The molecule has 2 aliphatic rings. The number of aliphatic hydroxyl groups excluding tert-OH is 1. The Labute approximate surface area is 314 Å². The van der Waals surface area contributed by atoms with Gasteiger partial charge in [-0.05, 0) is 49.9 Å². The minimum atomic E-state index is -1.48. The first-order chi connectivity index (χ1) is 25.5. The molecule has 53 heavy (non-hydrogen) atoms. The van der Waals surface area contributed by atoms with Gasteiger partial charge in [-0.3, -0.25) is 28.8 Å². The molecular weight excluding hydrogens is 721 g/mol. The lowest BCUT2D eigenvalue weighted by atomic mass is 10.0. The number of unbranched alkanes of at least 4 members (excludes halogenated alkanes) is 1. The number of nitrogens with two attached hydrogens (primary N) is 1. The lowest BCUT2D eigenvalue weighted by Gasteiger charge is -2.30. The number of hydrogen-bond acceptors (Lipinski definition) is 10. The van der Waals surface area contributed by atoms with Crippen LogP contribution in [0, 0.1) is 0 Å². The maximum Gasteiger partial charge on any atom is 0.245 e. The summed E-state index contributed by atoms with van der Waals surface area (Å²) >= 11 is 0. The van der Waals surface area contributed by atoms with Gasteiger partial charge in [-0.15, -0.1) is 0 Å². The van der Waals surface area contributed by atoms with Crippen LogP contribution in [-0.4, -0.2) is 106 Å². The summed E-state index contributed by atoms with van der Waals surface area (Å²) in [7, 11) is 2.58. The standard InChI is InChI=1S/C36H46N8O7S2/c1-20(45)30-36(51)43-29-19-53-52-18-28(42-35(29)50)34(49)40-26(15-21-9-3-2-4-10-21)32(47)41-27(16-22-17-38-24-12-6-5-11-23(22)24)33(48)39-25(31(46)44-30)13-7-8-14-37/h2-6,9-12,17,20,25-30,38,45H,7-8,13-16,18-19,37H2,1H3,(H,39,48)(H,40,49)(H,41,47)(H,42,50)(H,43,51)(H,44,46)/t20-,25+,26+,27-,28+,29+,30+/m1/s1. The first kappa shape index (κ1) is 39.6. The number of rotatable bonds is 9. The van der Waals surface area contributed by atoms with E-state index >= 15 is 0 Å². The van der Waals surface area contributed by atoms with Crippen molar-refractivity contribution >= 4 is 67.9 Å². The Hall–Kier alpha value is -4.58. The molecule has 0 radical (unpaired) electrons. The molecule has 15 nitrogen and oxygen atoms in total. The molecule has 7 atom stereocenters. The monoisotopic (exact) mass is 766 g/mol. The Morgan fingerprint density at radius 2 is 1.25 bits per heavy atom. The van der Waals surface area contributed by atoms with Crippen molar-refractivity contribution in [2.45, 2.75) is 81.4 Å². The van der Waals surface area contributed by atoms with Gasteiger partial charge in [-0.25, -0.2) is 0 Å². The number of aliphatic hydroxyl groups is 1. The smallest absolute Gasteiger partial charge is 0.245 e. The molecule has 2 fully saturated rings. The van der Waals surface area contributed by atoms with E-state index < -0.39 is 77.8 Å². The maximum atomic E-state index is 14.2. The second-order valence-electron chi connectivity index (χ2n) is 13.1. The van der Waals surface area contributed by atoms with Crippen LogP contribution in [0.2, 0.25) is 0 Å². The second-order valence-corrected chi connectivity index (χ2v) is 15.7. The van der Waals surface area contributed by atoms with E-state index in [0.717, 1.165) is 22.0 Å². The first-order valence-electron chi connectivity index (χ1n) is 17.6. The predicted molar refractivity (Wildman–Crippen MR) is 203 cm³/mol. The van der Waals surface area contributed by atoms with E-state index in [1.807, 2.05) is 42.5 Å². The molecule has 6 amide bonds. The van der Waals surface area contributed by atoms with Gasteiger partial charge in [0.05, 0.1) is 6.10 Å². The lowest BCUT2D eigenvalue weighted by Crippen LogP contribution is -2.63. The van der Waals surface area contributed by atoms with Gasteiger partial charge < -0.3 is 47.7 Å². The number of fused-ring (bicyclic) bond motifs is 4. The SMILES string of the molecule is C[C@@H](O)[C@@H]1NC(=O)[C@H](CCCCN)NC(=O)[C@@H](Cc2c[nH]c3ccccc23)NC(=O)[C@H](Cc2ccccc2)NC(=O)[C@@H]2CSSC[C@H](NC1=O)C(=O)N2. The molecule has 2 aromatic carbocycles. The fourth-order valence-corrected chi connectivity index (χ4v) is 8.49. The molecule has 2 aliphatic heterocycles. The quantitative estimate of drug-likeness (QED) is 0.103. The molecule has 17 heteroatoms. The molecule has 5 rings (SSSR count). The third kappa shape index (κ3) is 10.7. The van der Waals surface area contributed by atoms with Crippen LogP contribution >= 0.6 is 21.6 Å². The number of amides is 6. The Kier molecular flexibility index (Phi) is 14.2. The molecule has 284 valence electrons. The summed E-state index contributed by atoms with van der Waals surface area (Å²) in [6.07, 6.45) is 1.61. The first-order valence-corrected chi connectivity index (χ1v) is 20.1. The number of aromatic nitrogens is 1. The van der Waals surface area contributed by atoms with E-state index in [1.165, 1.54) is 28.5 Å². The summed E-state index contributed by atoms with van der Waals surface area (Å²) in [6, 6.07) is 9.32. The number of benzene rings is 2. The van der Waals surface area contributed by atoms with Gasteiger partial charge in [0.1, 0.15) is 36.3 Å². The highest BCUT2D eigenvalue weighted by Crippen LogP contribution is 2.25. The number of nitrogens with one attached hydrogen (secondary N) is 7. The van der Waals surface area contributed by atoms with Gasteiger partial charge in [0.15, 0.2) is 0 Å². The molecule has 3 aromatic rings. The number of carbonyl (C=O) groups is 6. The lowest BCUT2D eigenvalue weighted by molar-refractivity contribution is -0.137. The van der Waals surface area contributed by atoms with Crippen molar-refractivity contribution in [3.63, 3.8) is 0 Å². The Balaban J connectivity index is 1.54. The van der Waals surface area contributed by atoms with Gasteiger partial charge in [0, 0.05) is 41.4 Å². The third-order valence-corrected chi connectivity index (χ3v) is 11.5. The van der Waals surface area contributed by atoms with Gasteiger partial charge in [0.25, 0.3) is 0 Å². The van der Waals surface area contributed by atoms with E-state index in [1.54, 1.807) is 18.3 Å². The summed E-state index contributed by atoms with van der Waals surface area (Å²) in [6.45, 7) is 1.66. The summed E-state index contributed by atoms with van der Waals surface area (Å²) in [5, 5.41) is 27.7. The topological polar surface area (TPSA) is 237 Å². The molecule has 1 aromatic heterocycles. The number of H-pyrrole nitrogens is 1. The summed E-state index contributed by atoms with van der Waals surface area (Å²) < 4.78 is 0. The maximum absolute atomic E-state index is 14.2. The van der Waals surface area contributed by atoms with Gasteiger partial charge in [0.2, 0.25) is 35.4 Å². The molecule has 3 heterocycles. The highest BCUT2D eigenvalue weighted by atomic mass is 33.1. The van der Waals surface area contributed by atoms with Crippen LogP contribution in [0.1, 0.15) is 37.3 Å². The Morgan fingerprint density at radius 1 is 0.679 bits per heavy atom. The highest BCUT2D eigenvalue weighted by Gasteiger charge is 2.37. The minimum Gasteiger partial charge on any atom is -0.391 e. The van der Waals surface area contributed by atoms with Crippen molar-refractivity contribution in [1.29, 1.82) is 0 Å². The summed E-state index contributed by atoms with van der Waals surface area (Å²) in [4.78, 5) is 86.1. The highest BCUT2D eigenvalue weighted by molar-refractivity contribution is 8.76. The van der Waals surface area contributed by atoms with Crippen LogP contribution < -0.4 is 37.6 Å². The number of carbonyl (C=O) groups excluding carboxylic acids is 6. The minimum absolute atomic E-state index is 0.0252. The number of para-hydroxylation sites is 1. The van der Waals surface area contributed by atoms with E-state index in [0.29, 0.717) is 19.4 Å². The van der Waals surface area contributed by atoms with E-state index in [4.69, 9.17) is 5.73 Å². The van der Waals surface area contributed by atoms with E-state index in [2.05, 4.69) is 36.9 Å². The van der Waals surface area contributed by atoms with Crippen LogP contribution in [0.25, 0.3) is 10.9 Å². The Bertz CT molecular complexity index is 1770. The fraction of sp³-hybridized carbons (Fsp3) is 0.444. The fourth-order valence-electron chi connectivity index (χ4n) is 6.16. The molecule has 0 spiro atoms. The molecule has 2 saturated heterocycles. The summed E-state index contributed by atoms with van der Waals surface area (Å²) in [5.74, 6) is -3.82. The molecule has 0 saturated carbocycles. The molecule has 0 aliphatic carbocycles. The van der Waals surface area contributed by atoms with Gasteiger partial charge in [-0.1, -0.05) is 70.1 Å².